The fourth-order valence-corrected chi connectivity index (χ4v) is 1.27. The SMILES string of the molecule is CC(C)OC1C(=O)C(OC(C)C)C1=O. The number of carbonyl (C=O) groups is 2. The van der Waals surface area contributed by atoms with Crippen molar-refractivity contribution in [1.82, 2.24) is 0 Å². The van der Waals surface area contributed by atoms with E-state index in [1.165, 1.54) is 0 Å². The molecule has 80 valence electrons. The quantitative estimate of drug-likeness (QED) is 0.628. The molecule has 1 rings (SSSR count). The van der Waals surface area contributed by atoms with Crippen molar-refractivity contribution >= 4 is 11.6 Å². The number of ether oxygens (including phenoxy) is 2. The molecule has 14 heavy (non-hydrogen) atoms. The highest BCUT2D eigenvalue weighted by Crippen LogP contribution is 2.21. The molecule has 1 aliphatic carbocycles. The van der Waals surface area contributed by atoms with Gasteiger partial charge in [0.2, 0.25) is 11.6 Å². The summed E-state index contributed by atoms with van der Waals surface area (Å²) >= 11 is 0. The van der Waals surface area contributed by atoms with Gasteiger partial charge in [-0.25, -0.2) is 0 Å². The molecule has 0 spiro atoms. The predicted molar refractivity (Wildman–Crippen MR) is 50.0 cm³/mol. The monoisotopic (exact) mass is 200 g/mol. The zero-order valence-corrected chi connectivity index (χ0v) is 8.94. The highest BCUT2D eigenvalue weighted by Gasteiger charge is 2.51. The van der Waals surface area contributed by atoms with E-state index in [2.05, 4.69) is 0 Å². The van der Waals surface area contributed by atoms with Gasteiger partial charge in [0, 0.05) is 0 Å². The van der Waals surface area contributed by atoms with E-state index in [1.54, 1.807) is 27.7 Å². The Kier molecular flexibility index (Phi) is 3.39. The van der Waals surface area contributed by atoms with Crippen molar-refractivity contribution in [3.05, 3.63) is 0 Å². The van der Waals surface area contributed by atoms with Crippen LogP contribution in [0.2, 0.25) is 0 Å². The van der Waals surface area contributed by atoms with Crippen LogP contribution in [0.3, 0.4) is 0 Å². The van der Waals surface area contributed by atoms with E-state index >= 15 is 0 Å². The van der Waals surface area contributed by atoms with Crippen molar-refractivity contribution in [3.8, 4) is 0 Å². The third-order valence-corrected chi connectivity index (χ3v) is 1.85. The molecule has 4 heteroatoms. The van der Waals surface area contributed by atoms with Crippen LogP contribution in [-0.4, -0.2) is 36.0 Å². The maximum Gasteiger partial charge on any atom is 0.205 e. The summed E-state index contributed by atoms with van der Waals surface area (Å²) in [7, 11) is 0. The van der Waals surface area contributed by atoms with Crippen LogP contribution in [0.5, 0.6) is 0 Å². The molecule has 1 fully saturated rings. The molecule has 4 nitrogen and oxygen atoms in total. The van der Waals surface area contributed by atoms with Crippen LogP contribution in [0.15, 0.2) is 0 Å². The largest absolute Gasteiger partial charge is 0.360 e. The first-order valence-electron chi connectivity index (χ1n) is 4.82. The van der Waals surface area contributed by atoms with Crippen LogP contribution in [0, 0.1) is 0 Å². The van der Waals surface area contributed by atoms with Crippen LogP contribution in [0.1, 0.15) is 27.7 Å². The van der Waals surface area contributed by atoms with Crippen LogP contribution in [0.4, 0.5) is 0 Å². The Bertz CT molecular complexity index is 207. The van der Waals surface area contributed by atoms with Gasteiger partial charge in [0.25, 0.3) is 0 Å². The van der Waals surface area contributed by atoms with E-state index in [0.29, 0.717) is 0 Å². The normalized spacial score (nSPS) is 27.3. The Hall–Kier alpha value is -0.740. The first-order chi connectivity index (χ1) is 6.43. The van der Waals surface area contributed by atoms with Crippen molar-refractivity contribution in [3.63, 3.8) is 0 Å². The molecule has 0 aromatic rings. The van der Waals surface area contributed by atoms with Crippen LogP contribution >= 0.6 is 0 Å². The molecule has 1 aliphatic rings. The Balaban J connectivity index is 2.49. The summed E-state index contributed by atoms with van der Waals surface area (Å²) in [5.74, 6) is -0.505. The van der Waals surface area contributed by atoms with Crippen LogP contribution < -0.4 is 0 Å². The van der Waals surface area contributed by atoms with Crippen LogP contribution in [-0.2, 0) is 19.1 Å². The average molecular weight is 200 g/mol. The van der Waals surface area contributed by atoms with Gasteiger partial charge in [-0.15, -0.1) is 0 Å². The van der Waals surface area contributed by atoms with Gasteiger partial charge in [-0.2, -0.15) is 0 Å². The number of carbonyl (C=O) groups excluding carboxylic acids is 2. The lowest BCUT2D eigenvalue weighted by Gasteiger charge is -2.33. The first-order valence-corrected chi connectivity index (χ1v) is 4.82. The lowest BCUT2D eigenvalue weighted by molar-refractivity contribution is -0.179. The molecule has 1 saturated carbocycles. The molecule has 0 aliphatic heterocycles. The molecule has 0 amide bonds. The van der Waals surface area contributed by atoms with Gasteiger partial charge < -0.3 is 9.47 Å². The van der Waals surface area contributed by atoms with E-state index in [1.807, 2.05) is 0 Å². The summed E-state index contributed by atoms with van der Waals surface area (Å²) in [6, 6.07) is 0. The van der Waals surface area contributed by atoms with Gasteiger partial charge in [0.05, 0.1) is 12.2 Å². The third-order valence-electron chi connectivity index (χ3n) is 1.85. The summed E-state index contributed by atoms with van der Waals surface area (Å²) in [6.07, 6.45) is -2.02. The molecule has 0 atom stereocenters. The predicted octanol–water partition coefficient (Wildman–Crippen LogP) is 0.725. The van der Waals surface area contributed by atoms with Crippen molar-refractivity contribution in [2.24, 2.45) is 0 Å². The fraction of sp³-hybridized carbons (Fsp3) is 0.800. The lowest BCUT2D eigenvalue weighted by Crippen LogP contribution is -2.60. The summed E-state index contributed by atoms with van der Waals surface area (Å²) in [5, 5.41) is 0. The van der Waals surface area contributed by atoms with Gasteiger partial charge >= 0.3 is 0 Å². The second-order valence-electron chi connectivity index (χ2n) is 3.93. The maximum atomic E-state index is 11.4. The zero-order valence-electron chi connectivity index (χ0n) is 8.94. The molecule has 0 radical (unpaired) electrons. The van der Waals surface area contributed by atoms with Gasteiger partial charge in [-0.1, -0.05) is 0 Å². The topological polar surface area (TPSA) is 52.6 Å². The van der Waals surface area contributed by atoms with Crippen LogP contribution in [0.25, 0.3) is 0 Å². The second kappa shape index (κ2) is 4.19. The zero-order chi connectivity index (χ0) is 10.9. The minimum absolute atomic E-state index is 0.118. The summed E-state index contributed by atoms with van der Waals surface area (Å²) < 4.78 is 10.3. The van der Waals surface area contributed by atoms with E-state index in [-0.39, 0.29) is 23.8 Å². The standard InChI is InChI=1S/C10H16O4/c1-5(2)13-9-7(11)10(8(9)12)14-6(3)4/h5-6,9-10H,1-4H3. The molecule has 0 heterocycles. The first kappa shape index (κ1) is 11.3. The highest BCUT2D eigenvalue weighted by atomic mass is 16.5. The second-order valence-corrected chi connectivity index (χ2v) is 3.93. The molecule has 0 aromatic carbocycles. The third kappa shape index (κ3) is 2.19. The molecule has 0 aromatic heterocycles. The molecule has 0 N–H and O–H groups in total. The van der Waals surface area contributed by atoms with Crippen molar-refractivity contribution in [1.29, 1.82) is 0 Å². The summed E-state index contributed by atoms with van der Waals surface area (Å²) in [5.41, 5.74) is 0. The molecule has 0 bridgehead atoms. The Morgan fingerprint density at radius 1 is 0.857 bits per heavy atom. The van der Waals surface area contributed by atoms with Crippen molar-refractivity contribution < 1.29 is 19.1 Å². The van der Waals surface area contributed by atoms with Gasteiger partial charge in [0.1, 0.15) is 0 Å². The molecule has 0 unspecified atom stereocenters. The summed E-state index contributed by atoms with van der Waals surface area (Å²) in [6.45, 7) is 7.16. The van der Waals surface area contributed by atoms with Crippen molar-refractivity contribution in [2.45, 2.75) is 52.1 Å². The van der Waals surface area contributed by atoms with E-state index in [9.17, 15) is 9.59 Å². The minimum atomic E-state index is -0.890. The van der Waals surface area contributed by atoms with E-state index in [0.717, 1.165) is 0 Å². The highest BCUT2D eigenvalue weighted by molar-refractivity contribution is 6.28. The number of ketones is 2. The van der Waals surface area contributed by atoms with Crippen molar-refractivity contribution in [2.75, 3.05) is 0 Å². The Labute approximate surface area is 83.6 Å². The number of Topliss-reactive ketones (excluding diaryl/α,β-unsaturated/α-hetero) is 2. The Morgan fingerprint density at radius 2 is 1.14 bits per heavy atom. The minimum Gasteiger partial charge on any atom is -0.360 e. The van der Waals surface area contributed by atoms with Gasteiger partial charge in [-0.05, 0) is 27.7 Å². The maximum absolute atomic E-state index is 11.4. The van der Waals surface area contributed by atoms with E-state index < -0.39 is 12.2 Å². The van der Waals surface area contributed by atoms with Gasteiger partial charge in [0.15, 0.2) is 12.2 Å². The molecular formula is C10H16O4. The lowest BCUT2D eigenvalue weighted by atomic mass is 9.88. The van der Waals surface area contributed by atoms with Gasteiger partial charge in [-0.3, -0.25) is 9.59 Å². The molecular weight excluding hydrogens is 184 g/mol. The average Bonchev–Trinajstić information content (AvgIpc) is 2.09. The molecule has 0 saturated heterocycles. The number of hydrogen-bond acceptors (Lipinski definition) is 4. The Morgan fingerprint density at radius 3 is 1.36 bits per heavy atom. The smallest absolute Gasteiger partial charge is 0.205 e. The number of hydrogen-bond donors (Lipinski definition) is 0. The van der Waals surface area contributed by atoms with E-state index in [4.69, 9.17) is 9.47 Å². The fourth-order valence-electron chi connectivity index (χ4n) is 1.27. The summed E-state index contributed by atoms with van der Waals surface area (Å²) in [4.78, 5) is 22.7. The number of rotatable bonds is 4.